The second-order valence-corrected chi connectivity index (χ2v) is 4.84. The van der Waals surface area contributed by atoms with E-state index in [1.54, 1.807) is 11.3 Å². The number of nitrogens with zero attached hydrogens (tertiary/aromatic N) is 1. The highest BCUT2D eigenvalue weighted by molar-refractivity contribution is 9.11. The Labute approximate surface area is 81.3 Å². The Kier molecular flexibility index (Phi) is 3.20. The number of hydrogen-bond donors (Lipinski definition) is 0. The van der Waals surface area contributed by atoms with Gasteiger partial charge in [-0.3, -0.25) is 0 Å². The fraction of sp³-hybridized carbons (Fsp3) is 0.333. The van der Waals surface area contributed by atoms with Gasteiger partial charge in [0.25, 0.3) is 0 Å². The van der Waals surface area contributed by atoms with Gasteiger partial charge in [0.1, 0.15) is 0 Å². The number of rotatable bonds is 2. The fourth-order valence-corrected chi connectivity index (χ4v) is 2.33. The summed E-state index contributed by atoms with van der Waals surface area (Å²) in [6.07, 6.45) is 0. The van der Waals surface area contributed by atoms with Crippen LogP contribution < -0.4 is 4.90 Å². The normalized spacial score (nSPS) is 9.90. The molecule has 10 heavy (non-hydrogen) atoms. The van der Waals surface area contributed by atoms with Gasteiger partial charge in [-0.2, -0.15) is 0 Å². The Morgan fingerprint density at radius 1 is 1.60 bits per heavy atom. The van der Waals surface area contributed by atoms with Crippen molar-refractivity contribution in [1.29, 1.82) is 0 Å². The molecule has 0 aliphatic heterocycles. The number of alkyl halides is 1. The third-order valence-electron chi connectivity index (χ3n) is 1.11. The fourth-order valence-electron chi connectivity index (χ4n) is 0.569. The molecule has 0 unspecified atom stereocenters. The van der Waals surface area contributed by atoms with E-state index in [9.17, 15) is 0 Å². The van der Waals surface area contributed by atoms with Gasteiger partial charge in [0, 0.05) is 7.05 Å². The molecule has 1 aromatic rings. The van der Waals surface area contributed by atoms with Gasteiger partial charge >= 0.3 is 0 Å². The summed E-state index contributed by atoms with van der Waals surface area (Å²) in [5.74, 6) is 0. The van der Waals surface area contributed by atoms with E-state index in [1.165, 1.54) is 8.79 Å². The average Bonchev–Trinajstić information content (AvgIpc) is 2.34. The number of halogens is 2. The summed E-state index contributed by atoms with van der Waals surface area (Å²) in [4.78, 5) is 2.13. The zero-order chi connectivity index (χ0) is 7.56. The largest absolute Gasteiger partial charge is 0.357 e. The highest BCUT2D eigenvalue weighted by Crippen LogP contribution is 2.29. The lowest BCUT2D eigenvalue weighted by Crippen LogP contribution is -2.11. The van der Waals surface area contributed by atoms with Crippen molar-refractivity contribution in [2.75, 3.05) is 17.4 Å². The molecule has 1 aromatic heterocycles. The molecule has 0 aromatic carbocycles. The van der Waals surface area contributed by atoms with E-state index >= 15 is 0 Å². The van der Waals surface area contributed by atoms with Crippen molar-refractivity contribution >= 4 is 48.2 Å². The average molecular weight is 285 g/mol. The Balaban J connectivity index is 2.74. The van der Waals surface area contributed by atoms with Crippen molar-refractivity contribution in [2.24, 2.45) is 0 Å². The topological polar surface area (TPSA) is 3.24 Å². The molecular formula is C6H7Br2NS. The summed E-state index contributed by atoms with van der Waals surface area (Å²) in [7, 11) is 2.05. The Bertz CT molecular complexity index is 211. The van der Waals surface area contributed by atoms with Crippen molar-refractivity contribution < 1.29 is 0 Å². The summed E-state index contributed by atoms with van der Waals surface area (Å²) >= 11 is 8.52. The summed E-state index contributed by atoms with van der Waals surface area (Å²) < 4.78 is 1.18. The van der Waals surface area contributed by atoms with Crippen LogP contribution in [0.1, 0.15) is 0 Å². The van der Waals surface area contributed by atoms with E-state index in [1.807, 2.05) is 7.05 Å². The van der Waals surface area contributed by atoms with Crippen LogP contribution in [0.4, 0.5) is 5.00 Å². The summed E-state index contributed by atoms with van der Waals surface area (Å²) in [5, 5.41) is 1.27. The molecule has 0 bridgehead atoms. The number of hydrogen-bond acceptors (Lipinski definition) is 2. The van der Waals surface area contributed by atoms with Gasteiger partial charge in [0.2, 0.25) is 0 Å². The molecule has 0 aliphatic rings. The predicted octanol–water partition coefficient (Wildman–Crippen LogP) is 3.30. The van der Waals surface area contributed by atoms with Crippen molar-refractivity contribution in [3.63, 3.8) is 0 Å². The first-order chi connectivity index (χ1) is 4.74. The maximum absolute atomic E-state index is 3.41. The van der Waals surface area contributed by atoms with Crippen LogP contribution in [0.3, 0.4) is 0 Å². The van der Waals surface area contributed by atoms with Crippen LogP contribution in [0.25, 0.3) is 0 Å². The molecule has 0 spiro atoms. The second-order valence-electron chi connectivity index (χ2n) is 1.90. The van der Waals surface area contributed by atoms with E-state index in [4.69, 9.17) is 0 Å². The lowest BCUT2D eigenvalue weighted by Gasteiger charge is -2.11. The minimum Gasteiger partial charge on any atom is -0.357 e. The lowest BCUT2D eigenvalue weighted by atomic mass is 10.6. The van der Waals surface area contributed by atoms with Gasteiger partial charge in [-0.1, -0.05) is 15.9 Å². The van der Waals surface area contributed by atoms with Gasteiger partial charge in [-0.15, -0.1) is 11.3 Å². The molecular weight excluding hydrogens is 278 g/mol. The molecule has 0 radical (unpaired) electrons. The molecule has 1 heterocycles. The smallest absolute Gasteiger partial charge is 0.0924 e. The highest BCUT2D eigenvalue weighted by atomic mass is 79.9. The van der Waals surface area contributed by atoms with Crippen LogP contribution >= 0.6 is 43.2 Å². The highest BCUT2D eigenvalue weighted by Gasteiger charge is 2.00. The van der Waals surface area contributed by atoms with Crippen LogP contribution in [0.15, 0.2) is 15.9 Å². The molecule has 0 fully saturated rings. The molecule has 0 saturated heterocycles. The van der Waals surface area contributed by atoms with Gasteiger partial charge < -0.3 is 4.90 Å². The summed E-state index contributed by atoms with van der Waals surface area (Å²) in [5.41, 5.74) is 0.875. The van der Waals surface area contributed by atoms with E-state index in [2.05, 4.69) is 48.9 Å². The molecule has 0 N–H and O–H groups in total. The van der Waals surface area contributed by atoms with E-state index in [-0.39, 0.29) is 0 Å². The summed E-state index contributed by atoms with van der Waals surface area (Å²) in [6, 6.07) is 4.15. The monoisotopic (exact) mass is 283 g/mol. The van der Waals surface area contributed by atoms with Crippen LogP contribution in [-0.2, 0) is 0 Å². The Morgan fingerprint density at radius 2 is 2.30 bits per heavy atom. The predicted molar refractivity (Wildman–Crippen MR) is 54.2 cm³/mol. The Morgan fingerprint density at radius 3 is 2.70 bits per heavy atom. The Hall–Kier alpha value is 0.460. The SMILES string of the molecule is CN(CBr)c1ccc(Br)s1. The minimum atomic E-state index is 0.875. The van der Waals surface area contributed by atoms with E-state index < -0.39 is 0 Å². The first-order valence-electron chi connectivity index (χ1n) is 2.76. The van der Waals surface area contributed by atoms with Crippen LogP contribution in [0.5, 0.6) is 0 Å². The maximum atomic E-state index is 3.41. The van der Waals surface area contributed by atoms with Gasteiger partial charge in [-0.05, 0) is 28.1 Å². The third kappa shape index (κ3) is 1.97. The molecule has 0 atom stereocenters. The number of thiophene rings is 1. The zero-order valence-corrected chi connectivity index (χ0v) is 9.46. The lowest BCUT2D eigenvalue weighted by molar-refractivity contribution is 1.13. The molecule has 0 aliphatic carbocycles. The second kappa shape index (κ2) is 3.74. The van der Waals surface area contributed by atoms with Crippen LogP contribution in [-0.4, -0.2) is 12.5 Å². The van der Waals surface area contributed by atoms with E-state index in [0.717, 1.165) is 5.45 Å². The molecule has 1 nitrogen and oxygen atoms in total. The molecule has 0 saturated carbocycles. The standard InChI is InChI=1S/C6H7Br2NS/c1-9(4-7)6-3-2-5(8)10-6/h2-3H,4H2,1H3. The minimum absolute atomic E-state index is 0.875. The van der Waals surface area contributed by atoms with Gasteiger partial charge in [-0.25, -0.2) is 0 Å². The van der Waals surface area contributed by atoms with E-state index in [0.29, 0.717) is 0 Å². The molecule has 56 valence electrons. The molecule has 0 amide bonds. The van der Waals surface area contributed by atoms with Crippen LogP contribution in [0.2, 0.25) is 0 Å². The zero-order valence-electron chi connectivity index (χ0n) is 5.47. The van der Waals surface area contributed by atoms with Crippen molar-refractivity contribution in [2.45, 2.75) is 0 Å². The van der Waals surface area contributed by atoms with Gasteiger partial charge in [0.05, 0.1) is 14.2 Å². The van der Waals surface area contributed by atoms with Crippen molar-refractivity contribution in [3.8, 4) is 0 Å². The van der Waals surface area contributed by atoms with Crippen molar-refractivity contribution in [1.82, 2.24) is 0 Å². The van der Waals surface area contributed by atoms with Crippen molar-refractivity contribution in [3.05, 3.63) is 15.9 Å². The van der Waals surface area contributed by atoms with Gasteiger partial charge in [0.15, 0.2) is 0 Å². The molecule has 1 rings (SSSR count). The third-order valence-corrected chi connectivity index (χ3v) is 3.60. The quantitative estimate of drug-likeness (QED) is 0.595. The first-order valence-corrected chi connectivity index (χ1v) is 5.49. The number of anilines is 1. The van der Waals surface area contributed by atoms with Crippen LogP contribution in [0, 0.1) is 0 Å². The first kappa shape index (κ1) is 8.56. The molecule has 4 heteroatoms. The summed E-state index contributed by atoms with van der Waals surface area (Å²) in [6.45, 7) is 0. The maximum Gasteiger partial charge on any atom is 0.0924 e.